The van der Waals surface area contributed by atoms with Gasteiger partial charge < -0.3 is 10.5 Å². The topological polar surface area (TPSA) is 103 Å². The fraction of sp³-hybridized carbons (Fsp3) is 0.727. The highest BCUT2D eigenvalue weighted by Crippen LogP contribution is 2.19. The summed E-state index contributed by atoms with van der Waals surface area (Å²) in [4.78, 5) is 22.9. The van der Waals surface area contributed by atoms with Crippen molar-refractivity contribution in [1.82, 2.24) is 14.8 Å². The molecule has 7 nitrogen and oxygen atoms in total. The maximum absolute atomic E-state index is 11.5. The fourth-order valence-electron chi connectivity index (χ4n) is 1.52. The molecule has 1 aromatic heterocycles. The largest absolute Gasteiger partial charge is 0.468 e. The molecule has 1 rings (SSSR count). The van der Waals surface area contributed by atoms with E-state index in [-0.39, 0.29) is 5.69 Å². The van der Waals surface area contributed by atoms with E-state index in [4.69, 9.17) is 5.73 Å². The average molecular weight is 288 g/mol. The lowest BCUT2D eigenvalue weighted by Crippen LogP contribution is -2.46. The third-order valence-corrected chi connectivity index (χ3v) is 3.65. The van der Waals surface area contributed by atoms with Crippen LogP contribution >= 0.6 is 11.8 Å². The van der Waals surface area contributed by atoms with Crippen LogP contribution in [0, 0.1) is 0 Å². The second-order valence-corrected chi connectivity index (χ2v) is 5.53. The van der Waals surface area contributed by atoms with E-state index in [9.17, 15) is 9.59 Å². The molecule has 0 spiro atoms. The van der Waals surface area contributed by atoms with E-state index < -0.39 is 11.5 Å². The highest BCUT2D eigenvalue weighted by molar-refractivity contribution is 7.99. The second-order valence-electron chi connectivity index (χ2n) is 4.47. The number of nitrogens with one attached hydrogen (secondary N) is 1. The molecule has 1 aromatic rings. The summed E-state index contributed by atoms with van der Waals surface area (Å²) in [5.74, 6) is 0.136. The van der Waals surface area contributed by atoms with Gasteiger partial charge in [0.15, 0.2) is 5.16 Å². The summed E-state index contributed by atoms with van der Waals surface area (Å²) in [6.45, 7) is 4.24. The second kappa shape index (κ2) is 6.76. The molecule has 0 saturated carbocycles. The van der Waals surface area contributed by atoms with E-state index in [0.29, 0.717) is 23.9 Å². The van der Waals surface area contributed by atoms with Crippen LogP contribution in [0.15, 0.2) is 9.95 Å². The molecule has 0 aliphatic rings. The van der Waals surface area contributed by atoms with E-state index in [2.05, 4.69) is 14.9 Å². The van der Waals surface area contributed by atoms with Gasteiger partial charge in [-0.1, -0.05) is 18.7 Å². The lowest BCUT2D eigenvalue weighted by Gasteiger charge is -2.20. The van der Waals surface area contributed by atoms with Crippen LogP contribution in [-0.4, -0.2) is 39.1 Å². The van der Waals surface area contributed by atoms with Crippen LogP contribution < -0.4 is 11.4 Å². The number of thioether (sulfide) groups is 1. The smallest absolute Gasteiger partial charge is 0.343 e. The molecule has 0 radical (unpaired) electrons. The number of hydrogen-bond acceptors (Lipinski definition) is 6. The summed E-state index contributed by atoms with van der Waals surface area (Å²) < 4.78 is 6.21. The molecule has 0 fully saturated rings. The molecule has 0 aliphatic heterocycles. The monoisotopic (exact) mass is 288 g/mol. The van der Waals surface area contributed by atoms with Crippen molar-refractivity contribution in [3.05, 3.63) is 10.5 Å². The van der Waals surface area contributed by atoms with Gasteiger partial charge in [0, 0.05) is 12.3 Å². The van der Waals surface area contributed by atoms with Gasteiger partial charge in [0.25, 0.3) is 0 Å². The minimum absolute atomic E-state index is 0.215. The van der Waals surface area contributed by atoms with E-state index in [0.717, 1.165) is 6.42 Å². The van der Waals surface area contributed by atoms with Crippen LogP contribution in [0.1, 0.15) is 26.7 Å². The minimum atomic E-state index is -1.02. The summed E-state index contributed by atoms with van der Waals surface area (Å²) in [6, 6.07) is 0. The Kier molecular flexibility index (Phi) is 5.61. The van der Waals surface area contributed by atoms with Crippen LogP contribution in [0.2, 0.25) is 0 Å². The van der Waals surface area contributed by atoms with Crippen LogP contribution in [0.5, 0.6) is 0 Å². The average Bonchev–Trinajstić information content (AvgIpc) is 2.71. The number of aromatic nitrogens is 3. The van der Waals surface area contributed by atoms with Crippen LogP contribution in [0.25, 0.3) is 0 Å². The molecule has 0 aliphatic carbocycles. The SMILES string of the molecule is CCCn1c(SCCC(C)(N)C(=O)OC)n[nH]c1=O. The maximum Gasteiger partial charge on any atom is 0.343 e. The normalized spacial score (nSPS) is 14.1. The number of nitrogens with zero attached hydrogens (tertiary/aromatic N) is 2. The van der Waals surface area contributed by atoms with Crippen LogP contribution in [0.3, 0.4) is 0 Å². The summed E-state index contributed by atoms with van der Waals surface area (Å²) >= 11 is 1.40. The Balaban J connectivity index is 2.58. The van der Waals surface area contributed by atoms with E-state index in [1.54, 1.807) is 11.5 Å². The molecule has 0 saturated heterocycles. The Morgan fingerprint density at radius 3 is 2.89 bits per heavy atom. The summed E-state index contributed by atoms with van der Waals surface area (Å²) in [5, 5.41) is 6.99. The van der Waals surface area contributed by atoms with Gasteiger partial charge in [-0.25, -0.2) is 9.89 Å². The number of hydrogen-bond donors (Lipinski definition) is 2. The molecule has 0 aromatic carbocycles. The molecule has 108 valence electrons. The summed E-state index contributed by atoms with van der Waals surface area (Å²) in [5.41, 5.74) is 4.62. The summed E-state index contributed by atoms with van der Waals surface area (Å²) in [6.07, 6.45) is 1.29. The molecular weight excluding hydrogens is 268 g/mol. The van der Waals surface area contributed by atoms with Gasteiger partial charge in [0.05, 0.1) is 7.11 Å². The van der Waals surface area contributed by atoms with E-state index in [1.165, 1.54) is 18.9 Å². The Morgan fingerprint density at radius 2 is 2.32 bits per heavy atom. The molecule has 1 unspecified atom stereocenters. The number of rotatable bonds is 7. The molecule has 1 atom stereocenters. The highest BCUT2D eigenvalue weighted by Gasteiger charge is 2.29. The van der Waals surface area contributed by atoms with Gasteiger partial charge in [-0.15, -0.1) is 5.10 Å². The van der Waals surface area contributed by atoms with Crippen molar-refractivity contribution in [3.63, 3.8) is 0 Å². The van der Waals surface area contributed by atoms with Crippen molar-refractivity contribution in [2.75, 3.05) is 12.9 Å². The molecule has 0 amide bonds. The van der Waals surface area contributed by atoms with Crippen molar-refractivity contribution in [2.45, 2.75) is 43.9 Å². The molecule has 19 heavy (non-hydrogen) atoms. The predicted molar refractivity (Wildman–Crippen MR) is 73.1 cm³/mol. The predicted octanol–water partition coefficient (Wildman–Crippen LogP) is 0.354. The first kappa shape index (κ1) is 15.8. The highest BCUT2D eigenvalue weighted by atomic mass is 32.2. The first-order valence-corrected chi connectivity index (χ1v) is 7.06. The third-order valence-electron chi connectivity index (χ3n) is 2.67. The van der Waals surface area contributed by atoms with Gasteiger partial charge in [-0.2, -0.15) is 0 Å². The lowest BCUT2D eigenvalue weighted by atomic mass is 10.0. The van der Waals surface area contributed by atoms with Gasteiger partial charge in [0.1, 0.15) is 5.54 Å². The number of nitrogens with two attached hydrogens (primary N) is 1. The van der Waals surface area contributed by atoms with Crippen LogP contribution in [0.4, 0.5) is 0 Å². The number of esters is 1. The Bertz CT molecular complexity index is 481. The zero-order valence-electron chi connectivity index (χ0n) is 11.4. The zero-order chi connectivity index (χ0) is 14.5. The van der Waals surface area contributed by atoms with Gasteiger partial charge in [0.2, 0.25) is 0 Å². The Labute approximate surface area is 115 Å². The number of carbonyl (C=O) groups excluding carboxylic acids is 1. The molecule has 0 bridgehead atoms. The quantitative estimate of drug-likeness (QED) is 0.554. The standard InChI is InChI=1S/C11H20N4O3S/c1-4-6-15-9(17)13-14-10(15)19-7-5-11(2,12)8(16)18-3/h4-7,12H2,1-3H3,(H,13,17). The van der Waals surface area contributed by atoms with Gasteiger partial charge in [-0.05, 0) is 19.8 Å². The number of methoxy groups -OCH3 is 1. The van der Waals surface area contributed by atoms with E-state index >= 15 is 0 Å². The summed E-state index contributed by atoms with van der Waals surface area (Å²) in [7, 11) is 1.31. The van der Waals surface area contributed by atoms with Crippen molar-refractivity contribution in [2.24, 2.45) is 5.73 Å². The van der Waals surface area contributed by atoms with E-state index in [1.807, 2.05) is 6.92 Å². The Hall–Kier alpha value is -1.28. The van der Waals surface area contributed by atoms with Crippen molar-refractivity contribution in [3.8, 4) is 0 Å². The van der Waals surface area contributed by atoms with Gasteiger partial charge >= 0.3 is 11.7 Å². The lowest BCUT2D eigenvalue weighted by molar-refractivity contribution is -0.146. The number of aromatic amines is 1. The number of H-pyrrole nitrogens is 1. The van der Waals surface area contributed by atoms with Crippen molar-refractivity contribution >= 4 is 17.7 Å². The maximum atomic E-state index is 11.5. The van der Waals surface area contributed by atoms with Gasteiger partial charge in [-0.3, -0.25) is 9.36 Å². The number of carbonyl (C=O) groups is 1. The molecular formula is C11H20N4O3S. The van der Waals surface area contributed by atoms with Crippen LogP contribution in [-0.2, 0) is 16.1 Å². The number of ether oxygens (including phenoxy) is 1. The molecule has 3 N–H and O–H groups in total. The first-order valence-electron chi connectivity index (χ1n) is 6.07. The van der Waals surface area contributed by atoms with Crippen molar-refractivity contribution in [1.29, 1.82) is 0 Å². The fourth-order valence-corrected chi connectivity index (χ4v) is 2.67. The molecule has 1 heterocycles. The minimum Gasteiger partial charge on any atom is -0.468 e. The third kappa shape index (κ3) is 4.10. The zero-order valence-corrected chi connectivity index (χ0v) is 12.2. The first-order chi connectivity index (χ1) is 8.92. The Morgan fingerprint density at radius 1 is 1.63 bits per heavy atom. The van der Waals surface area contributed by atoms with Crippen molar-refractivity contribution < 1.29 is 9.53 Å². The molecule has 8 heteroatoms.